The van der Waals surface area contributed by atoms with Crippen LogP contribution in [0.25, 0.3) is 0 Å². The first kappa shape index (κ1) is 10.1. The first-order valence-corrected chi connectivity index (χ1v) is 4.30. The van der Waals surface area contributed by atoms with Gasteiger partial charge >= 0.3 is 0 Å². The zero-order valence-electron chi connectivity index (χ0n) is 7.40. The summed E-state index contributed by atoms with van der Waals surface area (Å²) in [4.78, 5) is 0. The Morgan fingerprint density at radius 3 is 2.85 bits per heavy atom. The van der Waals surface area contributed by atoms with Gasteiger partial charge in [0.05, 0.1) is 10.7 Å². The molecule has 0 saturated carbocycles. The van der Waals surface area contributed by atoms with E-state index < -0.39 is 0 Å². The van der Waals surface area contributed by atoms with Gasteiger partial charge < -0.3 is 5.32 Å². The molecule has 1 N–H and O–H groups in total. The minimum absolute atomic E-state index is 0.328. The van der Waals surface area contributed by atoms with Crippen molar-refractivity contribution in [2.75, 3.05) is 11.9 Å². The van der Waals surface area contributed by atoms with Crippen LogP contribution in [0.1, 0.15) is 6.92 Å². The fourth-order valence-corrected chi connectivity index (χ4v) is 1.11. The van der Waals surface area contributed by atoms with Crippen LogP contribution in [0, 0.1) is 5.82 Å². The molecule has 0 unspecified atom stereocenters. The van der Waals surface area contributed by atoms with Crippen LogP contribution in [0.3, 0.4) is 0 Å². The van der Waals surface area contributed by atoms with Gasteiger partial charge in [-0.05, 0) is 25.1 Å². The summed E-state index contributed by atoms with van der Waals surface area (Å²) in [6.07, 6.45) is 0. The Balaban J connectivity index is 2.72. The molecule has 70 valence electrons. The number of hydrogen-bond acceptors (Lipinski definition) is 1. The summed E-state index contributed by atoms with van der Waals surface area (Å²) >= 11 is 5.78. The Morgan fingerprint density at radius 1 is 1.62 bits per heavy atom. The molecule has 13 heavy (non-hydrogen) atoms. The van der Waals surface area contributed by atoms with Crippen LogP contribution in [0.4, 0.5) is 10.1 Å². The monoisotopic (exact) mass is 199 g/mol. The van der Waals surface area contributed by atoms with Gasteiger partial charge in [-0.25, -0.2) is 4.39 Å². The maximum atomic E-state index is 12.6. The van der Waals surface area contributed by atoms with E-state index in [1.54, 1.807) is 6.07 Å². The van der Waals surface area contributed by atoms with Gasteiger partial charge in [0.15, 0.2) is 0 Å². The SMILES string of the molecule is C=C(C)CNc1ccc(F)cc1Cl. The van der Waals surface area contributed by atoms with Crippen LogP contribution in [0.2, 0.25) is 5.02 Å². The lowest BCUT2D eigenvalue weighted by molar-refractivity contribution is 0.628. The smallest absolute Gasteiger partial charge is 0.124 e. The van der Waals surface area contributed by atoms with Crippen molar-refractivity contribution in [1.82, 2.24) is 0 Å². The van der Waals surface area contributed by atoms with Gasteiger partial charge in [0, 0.05) is 6.54 Å². The van der Waals surface area contributed by atoms with Crippen molar-refractivity contribution in [3.8, 4) is 0 Å². The van der Waals surface area contributed by atoms with E-state index in [1.807, 2.05) is 6.92 Å². The first-order chi connectivity index (χ1) is 6.09. The van der Waals surface area contributed by atoms with E-state index in [4.69, 9.17) is 11.6 Å². The molecule has 1 nitrogen and oxygen atoms in total. The number of rotatable bonds is 3. The molecule has 0 radical (unpaired) electrons. The van der Waals surface area contributed by atoms with Gasteiger partial charge in [-0.1, -0.05) is 23.8 Å². The van der Waals surface area contributed by atoms with E-state index >= 15 is 0 Å². The lowest BCUT2D eigenvalue weighted by Crippen LogP contribution is -2.02. The lowest BCUT2D eigenvalue weighted by Gasteiger charge is -2.07. The molecule has 0 atom stereocenters. The molecule has 0 amide bonds. The number of benzene rings is 1. The largest absolute Gasteiger partial charge is 0.380 e. The average Bonchev–Trinajstić information content (AvgIpc) is 2.02. The van der Waals surface area contributed by atoms with E-state index in [0.29, 0.717) is 11.6 Å². The molecule has 1 aromatic carbocycles. The van der Waals surface area contributed by atoms with E-state index in [2.05, 4.69) is 11.9 Å². The zero-order valence-corrected chi connectivity index (χ0v) is 8.16. The van der Waals surface area contributed by atoms with Gasteiger partial charge in [-0.2, -0.15) is 0 Å². The van der Waals surface area contributed by atoms with Crippen molar-refractivity contribution < 1.29 is 4.39 Å². The van der Waals surface area contributed by atoms with Crippen LogP contribution >= 0.6 is 11.6 Å². The summed E-state index contributed by atoms with van der Waals surface area (Å²) < 4.78 is 12.6. The molecular weight excluding hydrogens is 189 g/mol. The van der Waals surface area contributed by atoms with Crippen LogP contribution in [0.15, 0.2) is 30.4 Å². The number of halogens is 2. The van der Waals surface area contributed by atoms with E-state index in [-0.39, 0.29) is 5.82 Å². The van der Waals surface area contributed by atoms with Crippen LogP contribution in [0.5, 0.6) is 0 Å². The summed E-state index contributed by atoms with van der Waals surface area (Å²) in [5.74, 6) is -0.328. The van der Waals surface area contributed by atoms with E-state index in [9.17, 15) is 4.39 Å². The third-order valence-electron chi connectivity index (χ3n) is 1.51. The Kier molecular flexibility index (Phi) is 3.32. The highest BCUT2D eigenvalue weighted by molar-refractivity contribution is 6.33. The Bertz CT molecular complexity index is 323. The van der Waals surface area contributed by atoms with Crippen molar-refractivity contribution >= 4 is 17.3 Å². The summed E-state index contributed by atoms with van der Waals surface area (Å²) in [5, 5.41) is 3.43. The number of anilines is 1. The predicted octanol–water partition coefficient (Wildman–Crippen LogP) is 3.47. The molecule has 0 bridgehead atoms. The fourth-order valence-electron chi connectivity index (χ4n) is 0.879. The van der Waals surface area contributed by atoms with Gasteiger partial charge in [0.2, 0.25) is 0 Å². The molecule has 0 aliphatic heterocycles. The molecule has 0 aromatic heterocycles. The molecule has 0 aliphatic carbocycles. The van der Waals surface area contributed by atoms with Crippen LogP contribution in [-0.2, 0) is 0 Å². The third-order valence-corrected chi connectivity index (χ3v) is 1.82. The summed E-state index contributed by atoms with van der Waals surface area (Å²) in [5.41, 5.74) is 1.73. The zero-order chi connectivity index (χ0) is 9.84. The fraction of sp³-hybridized carbons (Fsp3) is 0.200. The number of hydrogen-bond donors (Lipinski definition) is 1. The highest BCUT2D eigenvalue weighted by atomic mass is 35.5. The molecule has 1 rings (SSSR count). The minimum Gasteiger partial charge on any atom is -0.380 e. The second-order valence-corrected chi connectivity index (χ2v) is 3.34. The number of nitrogens with one attached hydrogen (secondary N) is 1. The van der Waals surface area contributed by atoms with Crippen LogP contribution in [-0.4, -0.2) is 6.54 Å². The van der Waals surface area contributed by atoms with Gasteiger partial charge in [0.1, 0.15) is 5.82 Å². The summed E-state index contributed by atoms with van der Waals surface area (Å²) in [6.45, 7) is 6.29. The minimum atomic E-state index is -0.328. The quantitative estimate of drug-likeness (QED) is 0.736. The average molecular weight is 200 g/mol. The highest BCUT2D eigenvalue weighted by Crippen LogP contribution is 2.22. The Labute approximate surface area is 82.2 Å². The lowest BCUT2D eigenvalue weighted by atomic mass is 10.3. The molecule has 0 spiro atoms. The second-order valence-electron chi connectivity index (χ2n) is 2.93. The van der Waals surface area contributed by atoms with E-state index in [1.165, 1.54) is 12.1 Å². The van der Waals surface area contributed by atoms with Crippen molar-refractivity contribution in [2.24, 2.45) is 0 Å². The molecular formula is C10H11ClFN. The predicted molar refractivity (Wildman–Crippen MR) is 54.7 cm³/mol. The summed E-state index contributed by atoms with van der Waals surface area (Å²) in [6, 6.07) is 4.26. The molecule has 0 aliphatic rings. The molecule has 0 heterocycles. The normalized spacial score (nSPS) is 9.77. The molecule has 3 heteroatoms. The first-order valence-electron chi connectivity index (χ1n) is 3.93. The second kappa shape index (κ2) is 4.28. The molecule has 0 fully saturated rings. The third kappa shape index (κ3) is 3.07. The molecule has 1 aromatic rings. The van der Waals surface area contributed by atoms with Crippen molar-refractivity contribution in [1.29, 1.82) is 0 Å². The molecule has 0 saturated heterocycles. The van der Waals surface area contributed by atoms with Crippen molar-refractivity contribution in [3.05, 3.63) is 41.2 Å². The highest BCUT2D eigenvalue weighted by Gasteiger charge is 2.00. The summed E-state index contributed by atoms with van der Waals surface area (Å²) in [7, 11) is 0. The maximum Gasteiger partial charge on any atom is 0.124 e. The Morgan fingerprint density at radius 2 is 2.31 bits per heavy atom. The van der Waals surface area contributed by atoms with Gasteiger partial charge in [0.25, 0.3) is 0 Å². The van der Waals surface area contributed by atoms with E-state index in [0.717, 1.165) is 11.3 Å². The standard InChI is InChI=1S/C10H11ClFN/c1-7(2)6-13-10-4-3-8(12)5-9(10)11/h3-5,13H,1,6H2,2H3. The van der Waals surface area contributed by atoms with Crippen molar-refractivity contribution in [2.45, 2.75) is 6.92 Å². The van der Waals surface area contributed by atoms with Gasteiger partial charge in [-0.3, -0.25) is 0 Å². The van der Waals surface area contributed by atoms with Gasteiger partial charge in [-0.15, -0.1) is 0 Å². The topological polar surface area (TPSA) is 12.0 Å². The van der Waals surface area contributed by atoms with Crippen molar-refractivity contribution in [3.63, 3.8) is 0 Å². The Hall–Kier alpha value is -1.02. The maximum absolute atomic E-state index is 12.6. The van der Waals surface area contributed by atoms with Crippen LogP contribution < -0.4 is 5.32 Å².